The van der Waals surface area contributed by atoms with Crippen molar-refractivity contribution in [3.8, 4) is 0 Å². The number of urea groups is 1. The Morgan fingerprint density at radius 1 is 1.09 bits per heavy atom. The van der Waals surface area contributed by atoms with Crippen LogP contribution in [0.3, 0.4) is 0 Å². The van der Waals surface area contributed by atoms with Crippen molar-refractivity contribution in [2.24, 2.45) is 11.3 Å². The fourth-order valence-corrected chi connectivity index (χ4v) is 4.15. The SMILES string of the molecule is CCC1(CC)C(=O)N(CC2CO2)C(=O)N(CC2CO2)C1C(C)C. The summed E-state index contributed by atoms with van der Waals surface area (Å²) in [6.45, 7) is 10.6. The molecule has 3 aliphatic heterocycles. The molecule has 3 fully saturated rings. The Labute approximate surface area is 138 Å². The first-order valence-corrected chi connectivity index (χ1v) is 8.80. The number of ether oxygens (including phenoxy) is 2. The summed E-state index contributed by atoms with van der Waals surface area (Å²) in [4.78, 5) is 29.6. The number of hydrogen-bond donors (Lipinski definition) is 0. The van der Waals surface area contributed by atoms with E-state index in [0.717, 1.165) is 12.8 Å². The normalized spacial score (nSPS) is 32.7. The molecule has 0 bridgehead atoms. The Balaban J connectivity index is 1.96. The summed E-state index contributed by atoms with van der Waals surface area (Å²) in [7, 11) is 0. The Morgan fingerprint density at radius 2 is 1.61 bits per heavy atom. The van der Waals surface area contributed by atoms with Gasteiger partial charge >= 0.3 is 6.03 Å². The molecule has 3 amide bonds. The van der Waals surface area contributed by atoms with Crippen LogP contribution in [0.2, 0.25) is 0 Å². The number of epoxide rings is 2. The molecule has 6 heteroatoms. The molecule has 3 atom stereocenters. The zero-order chi connectivity index (χ0) is 16.8. The molecule has 3 saturated heterocycles. The molecule has 0 saturated carbocycles. The molecule has 3 heterocycles. The minimum Gasteiger partial charge on any atom is -0.371 e. The number of rotatable bonds is 7. The lowest BCUT2D eigenvalue weighted by atomic mass is 9.68. The third-order valence-corrected chi connectivity index (χ3v) is 5.53. The van der Waals surface area contributed by atoms with Crippen molar-refractivity contribution in [3.63, 3.8) is 0 Å². The van der Waals surface area contributed by atoms with Crippen molar-refractivity contribution >= 4 is 11.9 Å². The van der Waals surface area contributed by atoms with Gasteiger partial charge in [-0.25, -0.2) is 4.79 Å². The Kier molecular flexibility index (Phi) is 4.40. The number of carbonyl (C=O) groups is 2. The Bertz CT molecular complexity index is 481. The highest BCUT2D eigenvalue weighted by molar-refractivity contribution is 6.01. The van der Waals surface area contributed by atoms with Gasteiger partial charge in [0.05, 0.1) is 50.0 Å². The lowest BCUT2D eigenvalue weighted by Crippen LogP contribution is -2.69. The fraction of sp³-hybridized carbons (Fsp3) is 0.882. The smallest absolute Gasteiger partial charge is 0.327 e. The van der Waals surface area contributed by atoms with Crippen LogP contribution in [-0.4, -0.2) is 66.3 Å². The van der Waals surface area contributed by atoms with Crippen LogP contribution in [0, 0.1) is 11.3 Å². The summed E-state index contributed by atoms with van der Waals surface area (Å²) in [6, 6.07) is -0.240. The van der Waals surface area contributed by atoms with Crippen molar-refractivity contribution < 1.29 is 19.1 Å². The molecule has 0 aromatic rings. The van der Waals surface area contributed by atoms with Crippen LogP contribution in [0.4, 0.5) is 4.79 Å². The van der Waals surface area contributed by atoms with E-state index in [1.807, 2.05) is 4.90 Å². The number of nitrogens with zero attached hydrogens (tertiary/aromatic N) is 2. The summed E-state index contributed by atoms with van der Waals surface area (Å²) < 4.78 is 10.6. The summed E-state index contributed by atoms with van der Waals surface area (Å²) in [5.41, 5.74) is -0.508. The molecule has 0 spiro atoms. The van der Waals surface area contributed by atoms with Crippen LogP contribution in [0.15, 0.2) is 0 Å². The van der Waals surface area contributed by atoms with Gasteiger partial charge in [-0.1, -0.05) is 27.7 Å². The van der Waals surface area contributed by atoms with E-state index in [9.17, 15) is 9.59 Å². The van der Waals surface area contributed by atoms with E-state index in [0.29, 0.717) is 26.3 Å². The van der Waals surface area contributed by atoms with Crippen LogP contribution in [0.1, 0.15) is 40.5 Å². The zero-order valence-corrected chi connectivity index (χ0v) is 14.6. The predicted molar refractivity (Wildman–Crippen MR) is 84.9 cm³/mol. The highest BCUT2D eigenvalue weighted by Crippen LogP contribution is 2.44. The van der Waals surface area contributed by atoms with E-state index in [1.54, 1.807) is 0 Å². The number of imide groups is 1. The molecule has 0 aromatic heterocycles. The van der Waals surface area contributed by atoms with Crippen molar-refractivity contribution in [1.82, 2.24) is 9.80 Å². The molecule has 3 rings (SSSR count). The van der Waals surface area contributed by atoms with Gasteiger partial charge in [0, 0.05) is 0 Å². The summed E-state index contributed by atoms with van der Waals surface area (Å²) in [5, 5.41) is 0. The quantitative estimate of drug-likeness (QED) is 0.671. The van der Waals surface area contributed by atoms with Gasteiger partial charge in [0.25, 0.3) is 0 Å². The van der Waals surface area contributed by atoms with Crippen LogP contribution in [0.5, 0.6) is 0 Å². The lowest BCUT2D eigenvalue weighted by Gasteiger charge is -2.53. The summed E-state index contributed by atoms with van der Waals surface area (Å²) in [6.07, 6.45) is 1.62. The first-order chi connectivity index (χ1) is 10.9. The highest BCUT2D eigenvalue weighted by Gasteiger charge is 2.57. The van der Waals surface area contributed by atoms with E-state index in [4.69, 9.17) is 9.47 Å². The topological polar surface area (TPSA) is 65.7 Å². The summed E-state index contributed by atoms with van der Waals surface area (Å²) >= 11 is 0. The first kappa shape index (κ1) is 16.7. The molecule has 0 N–H and O–H groups in total. The third-order valence-electron chi connectivity index (χ3n) is 5.53. The fourth-order valence-electron chi connectivity index (χ4n) is 4.15. The molecule has 130 valence electrons. The number of carbonyl (C=O) groups excluding carboxylic acids is 2. The molecule has 0 aromatic carbocycles. The van der Waals surface area contributed by atoms with Crippen LogP contribution >= 0.6 is 0 Å². The molecule has 6 nitrogen and oxygen atoms in total. The van der Waals surface area contributed by atoms with Gasteiger partial charge in [0.1, 0.15) is 0 Å². The molecule has 3 unspecified atom stereocenters. The van der Waals surface area contributed by atoms with E-state index in [1.165, 1.54) is 4.90 Å². The van der Waals surface area contributed by atoms with Crippen molar-refractivity contribution in [2.75, 3.05) is 26.3 Å². The molecule has 0 aliphatic carbocycles. The van der Waals surface area contributed by atoms with E-state index < -0.39 is 5.41 Å². The van der Waals surface area contributed by atoms with E-state index in [-0.39, 0.29) is 36.1 Å². The second-order valence-electron chi connectivity index (χ2n) is 7.31. The average Bonchev–Trinajstić information content (AvgIpc) is 3.41. The maximum atomic E-state index is 13.2. The average molecular weight is 324 g/mol. The molecule has 23 heavy (non-hydrogen) atoms. The monoisotopic (exact) mass is 324 g/mol. The molecule has 0 radical (unpaired) electrons. The maximum absolute atomic E-state index is 13.2. The van der Waals surface area contributed by atoms with Gasteiger partial charge in [0.2, 0.25) is 5.91 Å². The second kappa shape index (κ2) is 6.06. The minimum atomic E-state index is -0.508. The molecular formula is C17H28N2O4. The van der Waals surface area contributed by atoms with Crippen LogP contribution in [0.25, 0.3) is 0 Å². The van der Waals surface area contributed by atoms with Gasteiger partial charge in [-0.05, 0) is 18.8 Å². The third kappa shape index (κ3) is 2.87. The maximum Gasteiger partial charge on any atom is 0.327 e. The van der Waals surface area contributed by atoms with E-state index >= 15 is 0 Å². The first-order valence-electron chi connectivity index (χ1n) is 8.80. The van der Waals surface area contributed by atoms with Gasteiger partial charge in [-0.2, -0.15) is 0 Å². The minimum absolute atomic E-state index is 0.0175. The largest absolute Gasteiger partial charge is 0.371 e. The van der Waals surface area contributed by atoms with Crippen molar-refractivity contribution in [3.05, 3.63) is 0 Å². The predicted octanol–water partition coefficient (Wildman–Crippen LogP) is 1.88. The van der Waals surface area contributed by atoms with Crippen LogP contribution in [-0.2, 0) is 14.3 Å². The number of hydrogen-bond acceptors (Lipinski definition) is 4. The van der Waals surface area contributed by atoms with E-state index in [2.05, 4.69) is 27.7 Å². The molecular weight excluding hydrogens is 296 g/mol. The van der Waals surface area contributed by atoms with Gasteiger partial charge < -0.3 is 14.4 Å². The van der Waals surface area contributed by atoms with Crippen LogP contribution < -0.4 is 0 Å². The lowest BCUT2D eigenvalue weighted by molar-refractivity contribution is -0.152. The molecule has 3 aliphatic rings. The number of amides is 3. The standard InChI is InChI=1S/C17H28N2O4/c1-5-17(6-2)14(11(3)4)18(7-12-9-22-12)16(21)19(15(17)20)8-13-10-23-13/h11-14H,5-10H2,1-4H3. The van der Waals surface area contributed by atoms with Gasteiger partial charge in [-0.15, -0.1) is 0 Å². The van der Waals surface area contributed by atoms with Crippen molar-refractivity contribution in [1.29, 1.82) is 0 Å². The Hall–Kier alpha value is -1.14. The van der Waals surface area contributed by atoms with Gasteiger partial charge in [-0.3, -0.25) is 9.69 Å². The summed E-state index contributed by atoms with van der Waals surface area (Å²) in [5.74, 6) is 0.204. The highest BCUT2D eigenvalue weighted by atomic mass is 16.6. The second-order valence-corrected chi connectivity index (χ2v) is 7.31. The Morgan fingerprint density at radius 3 is 2.04 bits per heavy atom. The van der Waals surface area contributed by atoms with Gasteiger partial charge in [0.15, 0.2) is 0 Å². The zero-order valence-electron chi connectivity index (χ0n) is 14.6. The van der Waals surface area contributed by atoms with Crippen molar-refractivity contribution in [2.45, 2.75) is 58.8 Å².